The van der Waals surface area contributed by atoms with Crippen molar-refractivity contribution in [3.05, 3.63) is 0 Å². The first-order chi connectivity index (χ1) is 6.36. The maximum atomic E-state index is 8.48. The van der Waals surface area contributed by atoms with E-state index in [0.717, 1.165) is 32.4 Å². The van der Waals surface area contributed by atoms with Crippen LogP contribution in [0.2, 0.25) is 0 Å². The van der Waals surface area contributed by atoms with Gasteiger partial charge in [-0.2, -0.15) is 5.26 Å². The Hall–Kier alpha value is -0.590. The minimum atomic E-state index is 0.185. The maximum absolute atomic E-state index is 8.48. The lowest BCUT2D eigenvalue weighted by molar-refractivity contribution is 0.000630. The molecule has 1 aliphatic rings. The molecule has 0 aromatic heterocycles. The predicted octanol–water partition coefficient (Wildman–Crippen LogP) is 1.45. The molecular weight excluding hydrogens is 164 g/mol. The van der Waals surface area contributed by atoms with Crippen LogP contribution in [-0.2, 0) is 4.74 Å². The third-order valence-electron chi connectivity index (χ3n) is 2.37. The van der Waals surface area contributed by atoms with Crippen molar-refractivity contribution in [1.29, 1.82) is 5.26 Å². The van der Waals surface area contributed by atoms with Crippen LogP contribution in [0.25, 0.3) is 0 Å². The smallest absolute Gasteiger partial charge is 0.0706 e. The van der Waals surface area contributed by atoms with Gasteiger partial charge in [-0.05, 0) is 25.8 Å². The van der Waals surface area contributed by atoms with Gasteiger partial charge in [0.25, 0.3) is 0 Å². The van der Waals surface area contributed by atoms with E-state index in [-0.39, 0.29) is 6.10 Å². The summed E-state index contributed by atoms with van der Waals surface area (Å²) in [6.45, 7) is 4.00. The van der Waals surface area contributed by atoms with Gasteiger partial charge in [0.1, 0.15) is 0 Å². The number of nitrogens with zero attached hydrogens (tertiary/aromatic N) is 1. The van der Waals surface area contributed by atoms with E-state index in [1.165, 1.54) is 0 Å². The summed E-state index contributed by atoms with van der Waals surface area (Å²) in [4.78, 5) is 0. The van der Waals surface area contributed by atoms with Crippen LogP contribution >= 0.6 is 0 Å². The molecule has 0 aromatic rings. The van der Waals surface area contributed by atoms with Crippen molar-refractivity contribution in [3.63, 3.8) is 0 Å². The molecule has 1 saturated heterocycles. The van der Waals surface area contributed by atoms with E-state index in [9.17, 15) is 0 Å². The Balaban J connectivity index is 2.12. The Morgan fingerprint density at radius 2 is 2.38 bits per heavy atom. The van der Waals surface area contributed by atoms with Gasteiger partial charge in [-0.15, -0.1) is 0 Å². The molecule has 0 amide bonds. The van der Waals surface area contributed by atoms with Gasteiger partial charge < -0.3 is 10.1 Å². The summed E-state index contributed by atoms with van der Waals surface area (Å²) in [7, 11) is 0. The van der Waals surface area contributed by atoms with Crippen LogP contribution in [0.4, 0.5) is 0 Å². The summed E-state index contributed by atoms with van der Waals surface area (Å²) in [5.41, 5.74) is 0. The average Bonchev–Trinajstić information content (AvgIpc) is 2.17. The molecule has 74 valence electrons. The van der Waals surface area contributed by atoms with E-state index in [2.05, 4.69) is 18.3 Å². The molecule has 1 aliphatic heterocycles. The van der Waals surface area contributed by atoms with Crippen molar-refractivity contribution in [2.45, 2.75) is 44.8 Å². The number of nitrogens with one attached hydrogen (secondary N) is 1. The summed E-state index contributed by atoms with van der Waals surface area (Å²) < 4.78 is 5.54. The van der Waals surface area contributed by atoms with Crippen molar-refractivity contribution in [2.24, 2.45) is 0 Å². The summed E-state index contributed by atoms with van der Waals surface area (Å²) in [6.07, 6.45) is 4.06. The Kier molecular flexibility index (Phi) is 4.81. The SMILES string of the molecule is CCCN[C@H]1CC[C@H](CC#N)OC1. The molecule has 0 spiro atoms. The molecule has 0 saturated carbocycles. The highest BCUT2D eigenvalue weighted by atomic mass is 16.5. The number of hydrogen-bond donors (Lipinski definition) is 1. The number of hydrogen-bond acceptors (Lipinski definition) is 3. The summed E-state index contributed by atoms with van der Waals surface area (Å²) in [6, 6.07) is 2.66. The minimum Gasteiger partial charge on any atom is -0.376 e. The first-order valence-electron chi connectivity index (χ1n) is 5.08. The molecule has 1 fully saturated rings. The van der Waals surface area contributed by atoms with Crippen LogP contribution in [0.3, 0.4) is 0 Å². The van der Waals surface area contributed by atoms with E-state index in [1.807, 2.05) is 0 Å². The molecular formula is C10H18N2O. The van der Waals surface area contributed by atoms with Gasteiger partial charge in [-0.25, -0.2) is 0 Å². The fourth-order valence-electron chi connectivity index (χ4n) is 1.58. The third-order valence-corrected chi connectivity index (χ3v) is 2.37. The molecule has 0 aliphatic carbocycles. The van der Waals surface area contributed by atoms with E-state index in [4.69, 9.17) is 10.00 Å². The normalized spacial score (nSPS) is 28.3. The first-order valence-corrected chi connectivity index (χ1v) is 5.08. The van der Waals surface area contributed by atoms with Crippen LogP contribution < -0.4 is 5.32 Å². The fourth-order valence-corrected chi connectivity index (χ4v) is 1.58. The highest BCUT2D eigenvalue weighted by Gasteiger charge is 2.20. The molecule has 3 nitrogen and oxygen atoms in total. The van der Waals surface area contributed by atoms with Gasteiger partial charge in [-0.1, -0.05) is 6.92 Å². The highest BCUT2D eigenvalue weighted by Crippen LogP contribution is 2.15. The first kappa shape index (κ1) is 10.5. The summed E-state index contributed by atoms with van der Waals surface area (Å²) in [5, 5.41) is 11.9. The topological polar surface area (TPSA) is 45.0 Å². The Bertz CT molecular complexity index is 168. The van der Waals surface area contributed by atoms with E-state index in [1.54, 1.807) is 0 Å². The van der Waals surface area contributed by atoms with E-state index < -0.39 is 0 Å². The van der Waals surface area contributed by atoms with Crippen molar-refractivity contribution >= 4 is 0 Å². The Morgan fingerprint density at radius 1 is 1.54 bits per heavy atom. The third kappa shape index (κ3) is 3.75. The largest absolute Gasteiger partial charge is 0.376 e. The zero-order chi connectivity index (χ0) is 9.52. The molecule has 0 bridgehead atoms. The lowest BCUT2D eigenvalue weighted by Gasteiger charge is -2.28. The summed E-state index contributed by atoms with van der Waals surface area (Å²) in [5.74, 6) is 0. The van der Waals surface area contributed by atoms with Crippen LogP contribution in [-0.4, -0.2) is 25.3 Å². The second-order valence-electron chi connectivity index (χ2n) is 3.55. The van der Waals surface area contributed by atoms with Crippen LogP contribution in [0.15, 0.2) is 0 Å². The number of ether oxygens (including phenoxy) is 1. The lowest BCUT2D eigenvalue weighted by atomic mass is 10.0. The predicted molar refractivity (Wildman–Crippen MR) is 51.3 cm³/mol. The fraction of sp³-hybridized carbons (Fsp3) is 0.900. The quantitative estimate of drug-likeness (QED) is 0.715. The van der Waals surface area contributed by atoms with Crippen molar-refractivity contribution in [3.8, 4) is 6.07 Å². The molecule has 0 radical (unpaired) electrons. The molecule has 1 rings (SSSR count). The van der Waals surface area contributed by atoms with Gasteiger partial charge >= 0.3 is 0 Å². The molecule has 1 N–H and O–H groups in total. The average molecular weight is 182 g/mol. The lowest BCUT2D eigenvalue weighted by Crippen LogP contribution is -2.40. The van der Waals surface area contributed by atoms with Crippen LogP contribution in [0, 0.1) is 11.3 Å². The summed E-state index contributed by atoms with van der Waals surface area (Å²) >= 11 is 0. The Morgan fingerprint density at radius 3 is 2.92 bits per heavy atom. The zero-order valence-corrected chi connectivity index (χ0v) is 8.25. The van der Waals surface area contributed by atoms with Crippen LogP contribution in [0.5, 0.6) is 0 Å². The highest BCUT2D eigenvalue weighted by molar-refractivity contribution is 4.82. The van der Waals surface area contributed by atoms with Gasteiger partial charge in [0.2, 0.25) is 0 Å². The molecule has 0 aromatic carbocycles. The Labute approximate surface area is 80.1 Å². The van der Waals surface area contributed by atoms with Gasteiger partial charge in [0.15, 0.2) is 0 Å². The number of nitriles is 1. The molecule has 3 heteroatoms. The van der Waals surface area contributed by atoms with Crippen molar-refractivity contribution in [2.75, 3.05) is 13.2 Å². The monoisotopic (exact) mass is 182 g/mol. The van der Waals surface area contributed by atoms with Crippen LogP contribution in [0.1, 0.15) is 32.6 Å². The second-order valence-corrected chi connectivity index (χ2v) is 3.55. The minimum absolute atomic E-state index is 0.185. The van der Waals surface area contributed by atoms with Crippen molar-refractivity contribution in [1.82, 2.24) is 5.32 Å². The number of rotatable bonds is 4. The van der Waals surface area contributed by atoms with E-state index >= 15 is 0 Å². The van der Waals surface area contributed by atoms with Crippen molar-refractivity contribution < 1.29 is 4.74 Å². The molecule has 13 heavy (non-hydrogen) atoms. The maximum Gasteiger partial charge on any atom is 0.0706 e. The molecule has 2 atom stereocenters. The van der Waals surface area contributed by atoms with E-state index in [0.29, 0.717) is 12.5 Å². The standard InChI is InChI=1S/C10H18N2O/c1-2-7-12-9-3-4-10(5-6-11)13-8-9/h9-10,12H,2-5,7-8H2,1H3/t9-,10+/m0/s1. The zero-order valence-electron chi connectivity index (χ0n) is 8.25. The van der Waals surface area contributed by atoms with Gasteiger partial charge in [-0.3, -0.25) is 0 Å². The van der Waals surface area contributed by atoms with Gasteiger partial charge in [0.05, 0.1) is 25.2 Å². The molecule has 0 unspecified atom stereocenters. The van der Waals surface area contributed by atoms with Gasteiger partial charge in [0, 0.05) is 6.04 Å². The second kappa shape index (κ2) is 5.95. The molecule has 1 heterocycles.